The van der Waals surface area contributed by atoms with E-state index >= 15 is 0 Å². The second-order valence-corrected chi connectivity index (χ2v) is 12.8. The van der Waals surface area contributed by atoms with Crippen LogP contribution in [0, 0.1) is 11.3 Å². The Balaban J connectivity index is 1.28. The molecule has 1 aliphatic rings. The standard InChI is InChI=1S/C45H26N4O2/c46-27-28-18-24-39(41(26-28)49-44(50)34-13-4-5-14-35(34)45(49)51)48-38-17-9-7-15-36(38)42-40(48)25-23-33-32-12-6-8-16-37(32)47(43(33)42)31-21-19-30(20-22-31)29-10-2-1-3-11-29/h1-26H. The van der Waals surface area contributed by atoms with Crippen molar-refractivity contribution in [1.82, 2.24) is 9.13 Å². The SMILES string of the molecule is N#Cc1ccc(-n2c3ccccc3c3c2ccc2c4ccccc4n(-c4ccc(-c5ccccc5)cc4)c23)c(N2C(=O)c3ccccc3C2=O)c1. The Morgan fingerprint density at radius 3 is 1.78 bits per heavy atom. The summed E-state index contributed by atoms with van der Waals surface area (Å²) in [6, 6.07) is 54.3. The van der Waals surface area contributed by atoms with Crippen molar-refractivity contribution in [3.05, 3.63) is 174 Å². The molecular weight excluding hydrogens is 629 g/mol. The quantitative estimate of drug-likeness (QED) is 0.177. The van der Waals surface area contributed by atoms with Gasteiger partial charge in [-0.3, -0.25) is 9.59 Å². The number of hydrogen-bond donors (Lipinski definition) is 0. The zero-order valence-corrected chi connectivity index (χ0v) is 27.1. The van der Waals surface area contributed by atoms with Crippen LogP contribution in [0.5, 0.6) is 0 Å². The van der Waals surface area contributed by atoms with E-state index in [1.165, 1.54) is 4.90 Å². The van der Waals surface area contributed by atoms with Gasteiger partial charge in [0.2, 0.25) is 0 Å². The van der Waals surface area contributed by atoms with E-state index in [4.69, 9.17) is 0 Å². The maximum absolute atomic E-state index is 13.9. The maximum Gasteiger partial charge on any atom is 0.266 e. The van der Waals surface area contributed by atoms with Crippen LogP contribution < -0.4 is 4.90 Å². The molecule has 0 atom stereocenters. The molecule has 0 spiro atoms. The minimum Gasteiger partial charge on any atom is -0.309 e. The van der Waals surface area contributed by atoms with E-state index in [1.54, 1.807) is 36.4 Å². The summed E-state index contributed by atoms with van der Waals surface area (Å²) in [5, 5.41) is 14.3. The number of carbonyl (C=O) groups is 2. The van der Waals surface area contributed by atoms with Crippen LogP contribution >= 0.6 is 0 Å². The third kappa shape index (κ3) is 4.09. The van der Waals surface area contributed by atoms with Crippen LogP contribution in [0.25, 0.3) is 66.1 Å². The second-order valence-electron chi connectivity index (χ2n) is 12.8. The molecular formula is C45H26N4O2. The third-order valence-electron chi connectivity index (χ3n) is 10.1. The lowest BCUT2D eigenvalue weighted by molar-refractivity contribution is 0.0926. The molecule has 0 saturated heterocycles. The van der Waals surface area contributed by atoms with Gasteiger partial charge in [0.05, 0.1) is 56.2 Å². The molecule has 0 fully saturated rings. The molecule has 1 aliphatic heterocycles. The number of rotatable bonds is 4. The van der Waals surface area contributed by atoms with Crippen molar-refractivity contribution in [2.24, 2.45) is 0 Å². The van der Waals surface area contributed by atoms with Crippen LogP contribution in [0.15, 0.2) is 158 Å². The number of amides is 2. The highest BCUT2D eigenvalue weighted by atomic mass is 16.2. The molecule has 238 valence electrons. The number of aromatic nitrogens is 2. The molecule has 7 aromatic carbocycles. The molecule has 2 aromatic heterocycles. The van der Waals surface area contributed by atoms with E-state index in [-0.39, 0.29) is 0 Å². The average molecular weight is 655 g/mol. The first-order valence-corrected chi connectivity index (χ1v) is 16.8. The zero-order chi connectivity index (χ0) is 34.2. The molecule has 6 nitrogen and oxygen atoms in total. The summed E-state index contributed by atoms with van der Waals surface area (Å²) < 4.78 is 4.45. The fraction of sp³-hybridized carbons (Fsp3) is 0. The number of para-hydroxylation sites is 2. The number of nitriles is 1. The summed E-state index contributed by atoms with van der Waals surface area (Å²) in [4.78, 5) is 28.9. The van der Waals surface area contributed by atoms with Crippen molar-refractivity contribution < 1.29 is 9.59 Å². The van der Waals surface area contributed by atoms with Crippen LogP contribution in [0.4, 0.5) is 5.69 Å². The van der Waals surface area contributed by atoms with Gasteiger partial charge < -0.3 is 9.13 Å². The van der Waals surface area contributed by atoms with Crippen molar-refractivity contribution >= 4 is 61.1 Å². The van der Waals surface area contributed by atoms with Crippen LogP contribution in [0.2, 0.25) is 0 Å². The lowest BCUT2D eigenvalue weighted by Gasteiger charge is -2.20. The van der Waals surface area contributed by atoms with Crippen molar-refractivity contribution in [2.75, 3.05) is 4.90 Å². The van der Waals surface area contributed by atoms with Gasteiger partial charge in [0.1, 0.15) is 0 Å². The first-order chi connectivity index (χ1) is 25.1. The lowest BCUT2D eigenvalue weighted by Crippen LogP contribution is -2.30. The van der Waals surface area contributed by atoms with E-state index in [0.717, 1.165) is 60.4 Å². The predicted molar refractivity (Wildman–Crippen MR) is 203 cm³/mol. The van der Waals surface area contributed by atoms with Crippen LogP contribution in [0.3, 0.4) is 0 Å². The Hall–Kier alpha value is -7.23. The highest BCUT2D eigenvalue weighted by Crippen LogP contribution is 2.44. The van der Waals surface area contributed by atoms with Gasteiger partial charge in [-0.1, -0.05) is 97.1 Å². The highest BCUT2D eigenvalue weighted by Gasteiger charge is 2.38. The molecule has 10 rings (SSSR count). The first-order valence-electron chi connectivity index (χ1n) is 16.8. The normalized spacial score (nSPS) is 12.7. The molecule has 51 heavy (non-hydrogen) atoms. The summed E-state index contributed by atoms with van der Waals surface area (Å²) in [7, 11) is 0. The Labute approximate surface area is 292 Å². The van der Waals surface area contributed by atoms with Crippen molar-refractivity contribution in [2.45, 2.75) is 0 Å². The van der Waals surface area contributed by atoms with Crippen LogP contribution in [0.1, 0.15) is 26.3 Å². The van der Waals surface area contributed by atoms with Gasteiger partial charge in [-0.25, -0.2) is 4.90 Å². The summed E-state index contributed by atoms with van der Waals surface area (Å²) in [6.45, 7) is 0. The topological polar surface area (TPSA) is 71.0 Å². The Bertz CT molecular complexity index is 2930. The monoisotopic (exact) mass is 654 g/mol. The fourth-order valence-corrected chi connectivity index (χ4v) is 7.84. The number of fused-ring (bicyclic) bond motifs is 8. The summed E-state index contributed by atoms with van der Waals surface area (Å²) >= 11 is 0. The van der Waals surface area contributed by atoms with Gasteiger partial charge in [-0.15, -0.1) is 0 Å². The van der Waals surface area contributed by atoms with E-state index in [9.17, 15) is 14.9 Å². The number of nitrogens with zero attached hydrogens (tertiary/aromatic N) is 4. The number of hydrogen-bond acceptors (Lipinski definition) is 3. The summed E-state index contributed by atoms with van der Waals surface area (Å²) in [6.07, 6.45) is 0. The van der Waals surface area contributed by atoms with Crippen LogP contribution in [-0.2, 0) is 0 Å². The van der Waals surface area contributed by atoms with Gasteiger partial charge in [0, 0.05) is 27.2 Å². The third-order valence-corrected chi connectivity index (χ3v) is 10.1. The maximum atomic E-state index is 13.9. The summed E-state index contributed by atoms with van der Waals surface area (Å²) in [5.74, 6) is -0.816. The number of anilines is 1. The highest BCUT2D eigenvalue weighted by molar-refractivity contribution is 6.35. The van der Waals surface area contributed by atoms with Crippen molar-refractivity contribution in [1.29, 1.82) is 5.26 Å². The fourth-order valence-electron chi connectivity index (χ4n) is 7.84. The first kappa shape index (κ1) is 28.8. The minimum atomic E-state index is -0.408. The van der Waals surface area contributed by atoms with Gasteiger partial charge in [-0.2, -0.15) is 5.26 Å². The van der Waals surface area contributed by atoms with E-state index < -0.39 is 11.8 Å². The number of benzene rings is 7. The number of imide groups is 1. The largest absolute Gasteiger partial charge is 0.309 e. The molecule has 0 N–H and O–H groups in total. The molecule has 0 unspecified atom stereocenters. The molecule has 0 saturated carbocycles. The molecule has 0 aliphatic carbocycles. The smallest absolute Gasteiger partial charge is 0.266 e. The minimum absolute atomic E-state index is 0.350. The average Bonchev–Trinajstić information content (AvgIpc) is 3.80. The molecule has 0 radical (unpaired) electrons. The molecule has 2 amide bonds. The Kier molecular flexibility index (Phi) is 6.14. The summed E-state index contributed by atoms with van der Waals surface area (Å²) in [5.41, 5.74) is 9.37. The zero-order valence-electron chi connectivity index (χ0n) is 27.1. The predicted octanol–water partition coefficient (Wildman–Crippen LogP) is 10.2. The molecule has 0 bridgehead atoms. The van der Waals surface area contributed by atoms with Crippen molar-refractivity contribution in [3.8, 4) is 28.6 Å². The van der Waals surface area contributed by atoms with E-state index in [2.05, 4.69) is 112 Å². The number of carbonyl (C=O) groups excluding carboxylic acids is 2. The van der Waals surface area contributed by atoms with Crippen molar-refractivity contribution in [3.63, 3.8) is 0 Å². The Morgan fingerprint density at radius 1 is 0.471 bits per heavy atom. The van der Waals surface area contributed by atoms with Gasteiger partial charge in [0.15, 0.2) is 0 Å². The molecule has 9 aromatic rings. The molecule has 6 heteroatoms. The van der Waals surface area contributed by atoms with E-state index in [1.807, 2.05) is 24.3 Å². The van der Waals surface area contributed by atoms with Gasteiger partial charge in [-0.05, 0) is 71.8 Å². The Morgan fingerprint density at radius 2 is 1.08 bits per heavy atom. The lowest BCUT2D eigenvalue weighted by atomic mass is 10.1. The van der Waals surface area contributed by atoms with E-state index in [0.29, 0.717) is 28.1 Å². The van der Waals surface area contributed by atoms with Gasteiger partial charge in [0.25, 0.3) is 11.8 Å². The van der Waals surface area contributed by atoms with Gasteiger partial charge >= 0.3 is 0 Å². The van der Waals surface area contributed by atoms with Crippen LogP contribution in [-0.4, -0.2) is 20.9 Å². The second kappa shape index (κ2) is 10.9. The molecule has 3 heterocycles.